The van der Waals surface area contributed by atoms with Crippen LogP contribution in [-0.2, 0) is 9.53 Å². The van der Waals surface area contributed by atoms with Crippen molar-refractivity contribution in [1.29, 1.82) is 0 Å². The topological polar surface area (TPSA) is 46.5 Å². The molecule has 0 aromatic carbocycles. The summed E-state index contributed by atoms with van der Waals surface area (Å²) in [6, 6.07) is 0. The molecule has 10 heavy (non-hydrogen) atoms. The van der Waals surface area contributed by atoms with Crippen molar-refractivity contribution < 1.29 is 14.6 Å². The van der Waals surface area contributed by atoms with Crippen LogP contribution in [0.1, 0.15) is 12.8 Å². The predicted molar refractivity (Wildman–Crippen MR) is 33.2 cm³/mol. The third kappa shape index (κ3) is 0.611. The Labute approximate surface area is 59.0 Å². The number of aliphatic hydroxyl groups is 1. The molecule has 1 aliphatic heterocycles. The smallest absolute Gasteiger partial charge is 0.309 e. The molecule has 1 saturated carbocycles. The van der Waals surface area contributed by atoms with Crippen LogP contribution in [0, 0.1) is 11.8 Å². The van der Waals surface area contributed by atoms with Crippen molar-refractivity contribution in [2.75, 3.05) is 6.61 Å². The summed E-state index contributed by atoms with van der Waals surface area (Å²) in [5.74, 6) is 0.352. The minimum Gasteiger partial charge on any atom is -0.459 e. The summed E-state index contributed by atoms with van der Waals surface area (Å²) in [4.78, 5) is 10.9. The molecule has 56 valence electrons. The highest BCUT2D eigenvalue weighted by Crippen LogP contribution is 2.43. The first kappa shape index (κ1) is 6.16. The van der Waals surface area contributed by atoms with Crippen LogP contribution in [0.15, 0.2) is 0 Å². The molecule has 3 nitrogen and oxygen atoms in total. The standard InChI is InChI=1S/C7H10O3/c8-3-6-4-1-2-5(4)7(9)10-6/h4-6,8H,1-3H2/t4-,5+,6+/m0/s1. The largest absolute Gasteiger partial charge is 0.459 e. The van der Waals surface area contributed by atoms with Gasteiger partial charge in [0.1, 0.15) is 6.10 Å². The molecule has 3 heteroatoms. The number of cyclic esters (lactones) is 1. The molecule has 1 saturated heterocycles. The molecule has 0 spiro atoms. The lowest BCUT2D eigenvalue weighted by Gasteiger charge is -2.27. The summed E-state index contributed by atoms with van der Waals surface area (Å²) >= 11 is 0. The Morgan fingerprint density at radius 2 is 2.40 bits per heavy atom. The lowest BCUT2D eigenvalue weighted by Crippen LogP contribution is -2.31. The molecule has 0 aromatic heterocycles. The Balaban J connectivity index is 2.09. The third-order valence-corrected chi connectivity index (χ3v) is 2.56. The van der Waals surface area contributed by atoms with Crippen LogP contribution >= 0.6 is 0 Å². The van der Waals surface area contributed by atoms with Gasteiger partial charge in [-0.2, -0.15) is 0 Å². The monoisotopic (exact) mass is 142 g/mol. The van der Waals surface area contributed by atoms with E-state index in [1.807, 2.05) is 0 Å². The third-order valence-electron chi connectivity index (χ3n) is 2.56. The van der Waals surface area contributed by atoms with Gasteiger partial charge in [0, 0.05) is 5.92 Å². The number of ether oxygens (including phenoxy) is 1. The van der Waals surface area contributed by atoms with Crippen molar-refractivity contribution in [3.8, 4) is 0 Å². The fraction of sp³-hybridized carbons (Fsp3) is 0.857. The highest BCUT2D eigenvalue weighted by Gasteiger charge is 2.49. The molecule has 1 heterocycles. The van der Waals surface area contributed by atoms with E-state index in [1.54, 1.807) is 0 Å². The Kier molecular flexibility index (Phi) is 1.20. The van der Waals surface area contributed by atoms with Gasteiger partial charge in [-0.3, -0.25) is 4.79 Å². The lowest BCUT2D eigenvalue weighted by molar-refractivity contribution is -0.145. The van der Waals surface area contributed by atoms with Gasteiger partial charge in [-0.1, -0.05) is 0 Å². The van der Waals surface area contributed by atoms with Crippen molar-refractivity contribution in [1.82, 2.24) is 0 Å². The average Bonchev–Trinajstić information content (AvgIpc) is 2.02. The van der Waals surface area contributed by atoms with Gasteiger partial charge < -0.3 is 9.84 Å². The molecule has 0 aromatic rings. The van der Waals surface area contributed by atoms with Gasteiger partial charge in [0.25, 0.3) is 0 Å². The van der Waals surface area contributed by atoms with Crippen molar-refractivity contribution in [2.45, 2.75) is 18.9 Å². The number of rotatable bonds is 1. The van der Waals surface area contributed by atoms with E-state index in [9.17, 15) is 4.79 Å². The predicted octanol–water partition coefficient (Wildman–Crippen LogP) is -0.0697. The highest BCUT2D eigenvalue weighted by molar-refractivity contribution is 5.76. The second-order valence-electron chi connectivity index (χ2n) is 3.01. The van der Waals surface area contributed by atoms with Crippen molar-refractivity contribution >= 4 is 5.97 Å². The summed E-state index contributed by atoms with van der Waals surface area (Å²) < 4.78 is 4.91. The zero-order valence-corrected chi connectivity index (χ0v) is 5.62. The zero-order valence-electron chi connectivity index (χ0n) is 5.62. The molecule has 2 aliphatic rings. The molecule has 0 amide bonds. The van der Waals surface area contributed by atoms with Crippen molar-refractivity contribution in [3.05, 3.63) is 0 Å². The van der Waals surface area contributed by atoms with Crippen LogP contribution in [0.5, 0.6) is 0 Å². The van der Waals surface area contributed by atoms with Crippen LogP contribution < -0.4 is 0 Å². The van der Waals surface area contributed by atoms with Crippen LogP contribution in [0.25, 0.3) is 0 Å². The maximum Gasteiger partial charge on any atom is 0.309 e. The zero-order chi connectivity index (χ0) is 7.14. The summed E-state index contributed by atoms with van der Waals surface area (Å²) in [5, 5.41) is 8.73. The SMILES string of the molecule is O=C1O[C@H](CO)[C@H]2CC[C@@H]12. The Bertz CT molecular complexity index is 164. The summed E-state index contributed by atoms with van der Waals surface area (Å²) in [6.07, 6.45) is 1.81. The van der Waals surface area contributed by atoms with Gasteiger partial charge in [0.15, 0.2) is 0 Å². The van der Waals surface area contributed by atoms with E-state index in [0.29, 0.717) is 5.92 Å². The highest BCUT2D eigenvalue weighted by atomic mass is 16.6. The first-order valence-corrected chi connectivity index (χ1v) is 3.64. The maximum atomic E-state index is 10.9. The quantitative estimate of drug-likeness (QED) is 0.521. The summed E-state index contributed by atoms with van der Waals surface area (Å²) in [6.45, 7) is -0.00704. The number of hydrogen-bond donors (Lipinski definition) is 1. The van der Waals surface area contributed by atoms with E-state index in [-0.39, 0.29) is 24.6 Å². The molecule has 2 fully saturated rings. The first-order valence-electron chi connectivity index (χ1n) is 3.64. The van der Waals surface area contributed by atoms with Crippen LogP contribution in [0.4, 0.5) is 0 Å². The van der Waals surface area contributed by atoms with Crippen molar-refractivity contribution in [2.24, 2.45) is 11.8 Å². The number of fused-ring (bicyclic) bond motifs is 1. The molecular weight excluding hydrogens is 132 g/mol. The van der Waals surface area contributed by atoms with E-state index in [2.05, 4.69) is 0 Å². The second-order valence-corrected chi connectivity index (χ2v) is 3.01. The molecule has 1 aliphatic carbocycles. The molecule has 0 bridgehead atoms. The lowest BCUT2D eigenvalue weighted by atomic mass is 9.73. The van der Waals surface area contributed by atoms with Crippen LogP contribution in [-0.4, -0.2) is 23.8 Å². The number of esters is 1. The molecule has 0 radical (unpaired) electrons. The van der Waals surface area contributed by atoms with Gasteiger partial charge in [0.2, 0.25) is 0 Å². The Morgan fingerprint density at radius 1 is 1.60 bits per heavy atom. The normalized spacial score (nSPS) is 44.1. The van der Waals surface area contributed by atoms with E-state index < -0.39 is 0 Å². The van der Waals surface area contributed by atoms with E-state index in [1.165, 1.54) is 0 Å². The van der Waals surface area contributed by atoms with E-state index in [4.69, 9.17) is 9.84 Å². The molecule has 0 unspecified atom stereocenters. The van der Waals surface area contributed by atoms with Crippen LogP contribution in [0.2, 0.25) is 0 Å². The molecule has 1 N–H and O–H groups in total. The van der Waals surface area contributed by atoms with Crippen molar-refractivity contribution in [3.63, 3.8) is 0 Å². The van der Waals surface area contributed by atoms with Gasteiger partial charge in [0.05, 0.1) is 12.5 Å². The average molecular weight is 142 g/mol. The fourth-order valence-corrected chi connectivity index (χ4v) is 1.76. The maximum absolute atomic E-state index is 10.9. The second kappa shape index (κ2) is 1.95. The van der Waals surface area contributed by atoms with Gasteiger partial charge >= 0.3 is 5.97 Å². The summed E-state index contributed by atoms with van der Waals surface area (Å²) in [5.41, 5.74) is 0. The number of carbonyl (C=O) groups excluding carboxylic acids is 1. The Morgan fingerprint density at radius 3 is 2.70 bits per heavy atom. The van der Waals surface area contributed by atoms with Gasteiger partial charge in [-0.25, -0.2) is 0 Å². The number of hydrogen-bond acceptors (Lipinski definition) is 3. The first-order chi connectivity index (χ1) is 4.83. The van der Waals surface area contributed by atoms with Crippen LogP contribution in [0.3, 0.4) is 0 Å². The molecule has 3 atom stereocenters. The van der Waals surface area contributed by atoms with E-state index >= 15 is 0 Å². The fourth-order valence-electron chi connectivity index (χ4n) is 1.76. The number of carbonyl (C=O) groups is 1. The minimum atomic E-state index is -0.189. The molecule has 2 rings (SSSR count). The summed E-state index contributed by atoms with van der Waals surface area (Å²) in [7, 11) is 0. The molecular formula is C7H10O3. The van der Waals surface area contributed by atoms with Gasteiger partial charge in [-0.05, 0) is 12.8 Å². The van der Waals surface area contributed by atoms with E-state index in [0.717, 1.165) is 12.8 Å². The van der Waals surface area contributed by atoms with Gasteiger partial charge in [-0.15, -0.1) is 0 Å². The number of aliphatic hydroxyl groups excluding tert-OH is 1. The minimum absolute atomic E-state index is 0.00704. The Hall–Kier alpha value is -0.570.